The van der Waals surface area contributed by atoms with Gasteiger partial charge in [-0.05, 0) is 36.5 Å². The molecule has 0 amide bonds. The number of rotatable bonds is 3. The summed E-state index contributed by atoms with van der Waals surface area (Å²) in [7, 11) is 0. The van der Waals surface area contributed by atoms with Crippen LogP contribution in [0.2, 0.25) is 5.02 Å². The van der Waals surface area contributed by atoms with Crippen molar-refractivity contribution in [1.82, 2.24) is 0 Å². The summed E-state index contributed by atoms with van der Waals surface area (Å²) in [4.78, 5) is 0. The van der Waals surface area contributed by atoms with Crippen LogP contribution in [0.5, 0.6) is 0 Å². The SMILES string of the molecule is N[C@@H](c1cccc(Cl)c1)[C@H](O)C1CC1. The predicted octanol–water partition coefficient (Wildman–Crippen LogP) is 2.11. The van der Waals surface area contributed by atoms with Gasteiger partial charge in [-0.2, -0.15) is 0 Å². The maximum atomic E-state index is 9.83. The average Bonchev–Trinajstić information content (AvgIpc) is 2.99. The van der Waals surface area contributed by atoms with E-state index < -0.39 is 6.10 Å². The number of halogens is 1. The quantitative estimate of drug-likeness (QED) is 0.805. The Labute approximate surface area is 88.7 Å². The van der Waals surface area contributed by atoms with E-state index in [9.17, 15) is 5.11 Å². The summed E-state index contributed by atoms with van der Waals surface area (Å²) in [5, 5.41) is 10.5. The van der Waals surface area contributed by atoms with E-state index in [0.717, 1.165) is 18.4 Å². The number of aliphatic hydroxyl groups excluding tert-OH is 1. The highest BCUT2D eigenvalue weighted by Gasteiger charge is 2.34. The lowest BCUT2D eigenvalue weighted by Crippen LogP contribution is -2.27. The molecule has 1 aliphatic rings. The first-order valence-corrected chi connectivity index (χ1v) is 5.25. The largest absolute Gasteiger partial charge is 0.391 e. The van der Waals surface area contributed by atoms with Crippen LogP contribution in [-0.4, -0.2) is 11.2 Å². The van der Waals surface area contributed by atoms with Crippen LogP contribution in [0.3, 0.4) is 0 Å². The molecule has 0 aliphatic heterocycles. The second kappa shape index (κ2) is 3.89. The van der Waals surface area contributed by atoms with Gasteiger partial charge in [0.05, 0.1) is 12.1 Å². The van der Waals surface area contributed by atoms with Gasteiger partial charge in [0.1, 0.15) is 0 Å². The van der Waals surface area contributed by atoms with E-state index in [2.05, 4.69) is 0 Å². The van der Waals surface area contributed by atoms with Crippen LogP contribution in [0, 0.1) is 5.92 Å². The highest BCUT2D eigenvalue weighted by atomic mass is 35.5. The molecule has 0 heterocycles. The molecular weight excluding hydrogens is 198 g/mol. The third-order valence-electron chi connectivity index (χ3n) is 2.71. The van der Waals surface area contributed by atoms with Crippen LogP contribution in [0.4, 0.5) is 0 Å². The summed E-state index contributed by atoms with van der Waals surface area (Å²) in [6.45, 7) is 0. The molecule has 0 unspecified atom stereocenters. The van der Waals surface area contributed by atoms with Gasteiger partial charge < -0.3 is 10.8 Å². The van der Waals surface area contributed by atoms with Gasteiger partial charge in [0.2, 0.25) is 0 Å². The molecule has 0 aromatic heterocycles. The van der Waals surface area contributed by atoms with Gasteiger partial charge in [0.25, 0.3) is 0 Å². The molecule has 3 N–H and O–H groups in total. The Morgan fingerprint density at radius 1 is 1.43 bits per heavy atom. The summed E-state index contributed by atoms with van der Waals surface area (Å²) < 4.78 is 0. The molecule has 2 rings (SSSR count). The minimum absolute atomic E-state index is 0.304. The maximum Gasteiger partial charge on any atom is 0.0760 e. The molecule has 0 bridgehead atoms. The normalized spacial score (nSPS) is 20.5. The molecule has 2 nitrogen and oxygen atoms in total. The third kappa shape index (κ3) is 2.08. The summed E-state index contributed by atoms with van der Waals surface area (Å²) in [5.41, 5.74) is 6.85. The molecule has 0 spiro atoms. The maximum absolute atomic E-state index is 9.83. The third-order valence-corrected chi connectivity index (χ3v) is 2.94. The molecule has 1 saturated carbocycles. The molecule has 2 atom stereocenters. The number of aliphatic hydroxyl groups is 1. The zero-order valence-electron chi connectivity index (χ0n) is 7.86. The molecule has 3 heteroatoms. The Balaban J connectivity index is 2.13. The van der Waals surface area contributed by atoms with E-state index in [1.54, 1.807) is 6.07 Å². The van der Waals surface area contributed by atoms with E-state index in [4.69, 9.17) is 17.3 Å². The van der Waals surface area contributed by atoms with Crippen molar-refractivity contribution in [3.8, 4) is 0 Å². The molecule has 1 aliphatic carbocycles. The van der Waals surface area contributed by atoms with Crippen LogP contribution < -0.4 is 5.73 Å². The fourth-order valence-corrected chi connectivity index (χ4v) is 1.84. The highest BCUT2D eigenvalue weighted by Crippen LogP contribution is 2.37. The van der Waals surface area contributed by atoms with Crippen molar-refractivity contribution in [1.29, 1.82) is 0 Å². The smallest absolute Gasteiger partial charge is 0.0760 e. The minimum atomic E-state index is -0.423. The average molecular weight is 212 g/mol. The Bertz CT molecular complexity index is 325. The number of hydrogen-bond donors (Lipinski definition) is 2. The Morgan fingerprint density at radius 3 is 2.71 bits per heavy atom. The highest BCUT2D eigenvalue weighted by molar-refractivity contribution is 6.30. The topological polar surface area (TPSA) is 46.2 Å². The Kier molecular flexibility index (Phi) is 2.77. The molecule has 14 heavy (non-hydrogen) atoms. The van der Waals surface area contributed by atoms with Crippen molar-refractivity contribution in [3.05, 3.63) is 34.9 Å². The van der Waals surface area contributed by atoms with Gasteiger partial charge in [-0.1, -0.05) is 23.7 Å². The fraction of sp³-hybridized carbons (Fsp3) is 0.455. The van der Waals surface area contributed by atoms with Crippen molar-refractivity contribution >= 4 is 11.6 Å². The van der Waals surface area contributed by atoms with Crippen molar-refractivity contribution in [2.45, 2.75) is 25.0 Å². The van der Waals surface area contributed by atoms with Gasteiger partial charge in [0.15, 0.2) is 0 Å². The van der Waals surface area contributed by atoms with E-state index in [1.807, 2.05) is 18.2 Å². The number of nitrogens with two attached hydrogens (primary N) is 1. The van der Waals surface area contributed by atoms with Crippen LogP contribution in [0.25, 0.3) is 0 Å². The lowest BCUT2D eigenvalue weighted by atomic mass is 9.99. The molecule has 76 valence electrons. The lowest BCUT2D eigenvalue weighted by molar-refractivity contribution is 0.122. The van der Waals surface area contributed by atoms with Gasteiger partial charge in [-0.15, -0.1) is 0 Å². The van der Waals surface area contributed by atoms with Crippen molar-refractivity contribution in [2.24, 2.45) is 11.7 Å². The number of hydrogen-bond acceptors (Lipinski definition) is 2. The van der Waals surface area contributed by atoms with E-state index in [1.165, 1.54) is 0 Å². The second-order valence-electron chi connectivity index (χ2n) is 3.91. The van der Waals surface area contributed by atoms with Crippen LogP contribution in [-0.2, 0) is 0 Å². The van der Waals surface area contributed by atoms with E-state index >= 15 is 0 Å². The molecule has 1 fully saturated rings. The lowest BCUT2D eigenvalue weighted by Gasteiger charge is -2.18. The fourth-order valence-electron chi connectivity index (χ4n) is 1.64. The monoisotopic (exact) mass is 211 g/mol. The Morgan fingerprint density at radius 2 is 2.14 bits per heavy atom. The van der Waals surface area contributed by atoms with Gasteiger partial charge in [0, 0.05) is 5.02 Å². The predicted molar refractivity (Wildman–Crippen MR) is 57.1 cm³/mol. The van der Waals surface area contributed by atoms with Gasteiger partial charge >= 0.3 is 0 Å². The molecule has 1 aromatic rings. The summed E-state index contributed by atoms with van der Waals surface area (Å²) in [5.74, 6) is 0.393. The Hall–Kier alpha value is -0.570. The van der Waals surface area contributed by atoms with Crippen LogP contribution in [0.1, 0.15) is 24.4 Å². The zero-order valence-corrected chi connectivity index (χ0v) is 8.61. The summed E-state index contributed by atoms with van der Waals surface area (Å²) >= 11 is 5.85. The van der Waals surface area contributed by atoms with E-state index in [0.29, 0.717) is 10.9 Å². The van der Waals surface area contributed by atoms with E-state index in [-0.39, 0.29) is 6.04 Å². The molecule has 0 saturated heterocycles. The first kappa shape index (κ1) is 9.97. The summed E-state index contributed by atoms with van der Waals surface area (Å²) in [6, 6.07) is 7.08. The van der Waals surface area contributed by atoms with Gasteiger partial charge in [-0.3, -0.25) is 0 Å². The summed E-state index contributed by atoms with van der Waals surface area (Å²) in [6.07, 6.45) is 1.76. The van der Waals surface area contributed by atoms with Gasteiger partial charge in [-0.25, -0.2) is 0 Å². The first-order chi connectivity index (χ1) is 6.68. The van der Waals surface area contributed by atoms with Crippen molar-refractivity contribution in [3.63, 3.8) is 0 Å². The zero-order chi connectivity index (χ0) is 10.1. The van der Waals surface area contributed by atoms with Crippen LogP contribution >= 0.6 is 11.6 Å². The van der Waals surface area contributed by atoms with Crippen molar-refractivity contribution < 1.29 is 5.11 Å². The molecule has 0 radical (unpaired) electrons. The van der Waals surface area contributed by atoms with Crippen LogP contribution in [0.15, 0.2) is 24.3 Å². The molecule has 1 aromatic carbocycles. The first-order valence-electron chi connectivity index (χ1n) is 4.87. The standard InChI is InChI=1S/C11H14ClNO/c12-9-3-1-2-8(6-9)10(13)11(14)7-4-5-7/h1-3,6-7,10-11,14H,4-5,13H2/t10-,11+/m0/s1. The minimum Gasteiger partial charge on any atom is -0.391 e. The molecular formula is C11H14ClNO. The van der Waals surface area contributed by atoms with Crippen molar-refractivity contribution in [2.75, 3.05) is 0 Å². The second-order valence-corrected chi connectivity index (χ2v) is 4.35. The number of benzene rings is 1.